The van der Waals surface area contributed by atoms with Gasteiger partial charge in [0.25, 0.3) is 0 Å². The molecule has 0 saturated carbocycles. The molecular formula is C18H29ClFN3O3S. The number of nitrogens with two attached hydrogens (primary N) is 1. The Hall–Kier alpha value is -1.22. The molecule has 1 aliphatic rings. The van der Waals surface area contributed by atoms with Crippen molar-refractivity contribution in [1.29, 1.82) is 0 Å². The number of hydrogen-bond acceptors (Lipinski definition) is 4. The van der Waals surface area contributed by atoms with E-state index >= 15 is 0 Å². The van der Waals surface area contributed by atoms with Gasteiger partial charge in [0.1, 0.15) is 16.8 Å². The van der Waals surface area contributed by atoms with E-state index in [4.69, 9.17) is 5.73 Å². The summed E-state index contributed by atoms with van der Waals surface area (Å²) in [4.78, 5) is 14.2. The lowest BCUT2D eigenvalue weighted by Crippen LogP contribution is -2.58. The lowest BCUT2D eigenvalue weighted by atomic mass is 9.79. The van der Waals surface area contributed by atoms with Gasteiger partial charge in [0.2, 0.25) is 15.9 Å². The van der Waals surface area contributed by atoms with E-state index in [2.05, 4.69) is 4.72 Å². The van der Waals surface area contributed by atoms with Crippen LogP contribution in [0.1, 0.15) is 34.1 Å². The molecule has 1 aromatic rings. The lowest BCUT2D eigenvalue weighted by molar-refractivity contribution is -0.137. The van der Waals surface area contributed by atoms with Crippen molar-refractivity contribution in [3.63, 3.8) is 0 Å². The summed E-state index contributed by atoms with van der Waals surface area (Å²) in [6.45, 7) is 8.43. The standard InChI is InChI=1S/C18H28FN3O3S.ClH/c1-12(2)16(17(23)22-10-9-15(20)18(3,4)11-22)21-26(24,25)14-8-6-5-7-13(14)19;/h5-8,12,15-16,21H,9-11,20H2,1-4H3;1H. The first-order valence-corrected chi connectivity index (χ1v) is 10.3. The molecule has 2 rings (SSSR count). The number of sulfonamides is 1. The average molecular weight is 422 g/mol. The van der Waals surface area contributed by atoms with Crippen molar-refractivity contribution in [2.75, 3.05) is 13.1 Å². The molecule has 1 aliphatic heterocycles. The van der Waals surface area contributed by atoms with E-state index < -0.39 is 26.8 Å². The number of carbonyl (C=O) groups is 1. The Kier molecular flexibility index (Phi) is 7.81. The minimum Gasteiger partial charge on any atom is -0.341 e. The topological polar surface area (TPSA) is 92.5 Å². The zero-order valence-corrected chi connectivity index (χ0v) is 17.7. The SMILES string of the molecule is CC(C)C(NS(=O)(=O)c1ccccc1F)C(=O)N1CCC(N)C(C)(C)C1.Cl. The second-order valence-electron chi connectivity index (χ2n) is 7.92. The van der Waals surface area contributed by atoms with E-state index in [1.807, 2.05) is 13.8 Å². The highest BCUT2D eigenvalue weighted by molar-refractivity contribution is 7.89. The van der Waals surface area contributed by atoms with Crippen LogP contribution in [0.4, 0.5) is 4.39 Å². The molecule has 1 amide bonds. The Morgan fingerprint density at radius 2 is 1.93 bits per heavy atom. The molecule has 1 fully saturated rings. The van der Waals surface area contributed by atoms with Crippen LogP contribution >= 0.6 is 12.4 Å². The first-order chi connectivity index (χ1) is 12.0. The largest absolute Gasteiger partial charge is 0.341 e. The third kappa shape index (κ3) is 5.40. The monoisotopic (exact) mass is 421 g/mol. The van der Waals surface area contributed by atoms with E-state index in [9.17, 15) is 17.6 Å². The molecule has 2 unspecified atom stereocenters. The van der Waals surface area contributed by atoms with Gasteiger partial charge < -0.3 is 10.6 Å². The number of nitrogens with one attached hydrogen (secondary N) is 1. The van der Waals surface area contributed by atoms with Crippen LogP contribution in [0.15, 0.2) is 29.2 Å². The molecule has 0 aliphatic carbocycles. The highest BCUT2D eigenvalue weighted by Crippen LogP contribution is 2.28. The Morgan fingerprint density at radius 3 is 2.44 bits per heavy atom. The summed E-state index contributed by atoms with van der Waals surface area (Å²) in [5.41, 5.74) is 5.86. The maximum absolute atomic E-state index is 13.9. The smallest absolute Gasteiger partial charge is 0.244 e. The Labute approximate surface area is 167 Å². The molecule has 0 aromatic heterocycles. The van der Waals surface area contributed by atoms with Gasteiger partial charge in [-0.2, -0.15) is 4.72 Å². The van der Waals surface area contributed by atoms with E-state index in [0.717, 1.165) is 6.07 Å². The average Bonchev–Trinajstić information content (AvgIpc) is 2.54. The van der Waals surface area contributed by atoms with Crippen molar-refractivity contribution in [3.8, 4) is 0 Å². The van der Waals surface area contributed by atoms with Gasteiger partial charge in [-0.05, 0) is 29.9 Å². The van der Waals surface area contributed by atoms with Gasteiger partial charge in [-0.1, -0.05) is 39.8 Å². The van der Waals surface area contributed by atoms with Crippen LogP contribution in [-0.2, 0) is 14.8 Å². The summed E-state index contributed by atoms with van der Waals surface area (Å²) >= 11 is 0. The molecule has 2 atom stereocenters. The molecule has 0 radical (unpaired) electrons. The number of amides is 1. The zero-order valence-electron chi connectivity index (χ0n) is 16.1. The van der Waals surface area contributed by atoms with Crippen LogP contribution in [0, 0.1) is 17.2 Å². The van der Waals surface area contributed by atoms with Crippen LogP contribution in [0.2, 0.25) is 0 Å². The van der Waals surface area contributed by atoms with Crippen LogP contribution in [0.5, 0.6) is 0 Å². The van der Waals surface area contributed by atoms with Gasteiger partial charge >= 0.3 is 0 Å². The normalized spacial score (nSPS) is 20.9. The fourth-order valence-corrected chi connectivity index (χ4v) is 4.54. The lowest BCUT2D eigenvalue weighted by Gasteiger charge is -2.44. The van der Waals surface area contributed by atoms with Crippen molar-refractivity contribution in [1.82, 2.24) is 9.62 Å². The number of rotatable bonds is 5. The Balaban J connectivity index is 0.00000364. The van der Waals surface area contributed by atoms with Crippen LogP contribution in [-0.4, -0.2) is 44.4 Å². The molecule has 9 heteroatoms. The number of carbonyl (C=O) groups excluding carboxylic acids is 1. The quantitative estimate of drug-likeness (QED) is 0.761. The highest BCUT2D eigenvalue weighted by Gasteiger charge is 2.39. The van der Waals surface area contributed by atoms with Crippen molar-refractivity contribution in [2.24, 2.45) is 17.1 Å². The van der Waals surface area contributed by atoms with Gasteiger partial charge in [0, 0.05) is 19.1 Å². The fraction of sp³-hybridized carbons (Fsp3) is 0.611. The summed E-state index contributed by atoms with van der Waals surface area (Å²) in [7, 11) is -4.16. The number of likely N-dealkylation sites (tertiary alicyclic amines) is 1. The van der Waals surface area contributed by atoms with Crippen molar-refractivity contribution in [2.45, 2.75) is 51.1 Å². The number of nitrogens with zero attached hydrogens (tertiary/aromatic N) is 1. The predicted octanol–water partition coefficient (Wildman–Crippen LogP) is 2.14. The predicted molar refractivity (Wildman–Crippen MR) is 106 cm³/mol. The maximum Gasteiger partial charge on any atom is 0.244 e. The van der Waals surface area contributed by atoms with Gasteiger partial charge in [0.05, 0.1) is 0 Å². The number of halogens is 2. The first-order valence-electron chi connectivity index (χ1n) is 8.77. The molecule has 27 heavy (non-hydrogen) atoms. The molecule has 0 bridgehead atoms. The van der Waals surface area contributed by atoms with Gasteiger partial charge in [0.15, 0.2) is 0 Å². The summed E-state index contributed by atoms with van der Waals surface area (Å²) in [6, 6.07) is 4.14. The molecule has 1 heterocycles. The number of piperidine rings is 1. The van der Waals surface area contributed by atoms with Crippen molar-refractivity contribution in [3.05, 3.63) is 30.1 Å². The number of hydrogen-bond donors (Lipinski definition) is 2. The molecule has 1 saturated heterocycles. The second-order valence-corrected chi connectivity index (χ2v) is 9.60. The minimum absolute atomic E-state index is 0. The Bertz CT molecular complexity index is 771. The van der Waals surface area contributed by atoms with Crippen LogP contribution in [0.25, 0.3) is 0 Å². The zero-order chi connectivity index (χ0) is 19.7. The van der Waals surface area contributed by atoms with Crippen LogP contribution in [0.3, 0.4) is 0 Å². The molecule has 154 valence electrons. The minimum atomic E-state index is -4.16. The molecule has 6 nitrogen and oxygen atoms in total. The third-order valence-corrected chi connectivity index (χ3v) is 6.44. The number of benzene rings is 1. The first kappa shape index (κ1) is 23.8. The van der Waals surface area contributed by atoms with Gasteiger partial charge in [-0.15, -0.1) is 12.4 Å². The second kappa shape index (κ2) is 8.86. The van der Waals surface area contributed by atoms with E-state index in [1.54, 1.807) is 18.7 Å². The van der Waals surface area contributed by atoms with E-state index in [-0.39, 0.29) is 35.7 Å². The van der Waals surface area contributed by atoms with Crippen LogP contribution < -0.4 is 10.5 Å². The summed E-state index contributed by atoms with van der Waals surface area (Å²) in [6.07, 6.45) is 0.656. The molecule has 1 aromatic carbocycles. The molecule has 3 N–H and O–H groups in total. The van der Waals surface area contributed by atoms with Crippen molar-refractivity contribution >= 4 is 28.3 Å². The summed E-state index contributed by atoms with van der Waals surface area (Å²) in [5.74, 6) is -1.44. The third-order valence-electron chi connectivity index (χ3n) is 4.96. The molecular weight excluding hydrogens is 393 g/mol. The van der Waals surface area contributed by atoms with Gasteiger partial charge in [-0.3, -0.25) is 4.79 Å². The summed E-state index contributed by atoms with van der Waals surface area (Å²) < 4.78 is 41.5. The summed E-state index contributed by atoms with van der Waals surface area (Å²) in [5, 5.41) is 0. The Morgan fingerprint density at radius 1 is 1.33 bits per heavy atom. The van der Waals surface area contributed by atoms with E-state index in [0.29, 0.717) is 19.5 Å². The maximum atomic E-state index is 13.9. The van der Waals surface area contributed by atoms with E-state index in [1.165, 1.54) is 18.2 Å². The molecule has 0 spiro atoms. The van der Waals surface area contributed by atoms with Gasteiger partial charge in [-0.25, -0.2) is 12.8 Å². The highest BCUT2D eigenvalue weighted by atomic mass is 35.5. The van der Waals surface area contributed by atoms with Crippen molar-refractivity contribution < 1.29 is 17.6 Å². The fourth-order valence-electron chi connectivity index (χ4n) is 3.12.